The van der Waals surface area contributed by atoms with E-state index in [0.29, 0.717) is 13.2 Å². The number of para-hydroxylation sites is 1. The van der Waals surface area contributed by atoms with Crippen molar-refractivity contribution < 1.29 is 4.74 Å². The first kappa shape index (κ1) is 14.4. The highest BCUT2D eigenvalue weighted by Crippen LogP contribution is 2.20. The standard InChI is InChI=1S/C17H19N3O2/c1-22-11-5-10-20-16-9-8-14(12-15(16)19-17(20)21)18-13-6-3-2-4-7-13/h2-4,6-9,12,18H,5,10-11H2,1H3,(H,19,21). The molecule has 3 rings (SSSR count). The minimum atomic E-state index is -0.0806. The Balaban J connectivity index is 1.86. The minimum absolute atomic E-state index is 0.0806. The van der Waals surface area contributed by atoms with Crippen LogP contribution in [0.25, 0.3) is 11.0 Å². The summed E-state index contributed by atoms with van der Waals surface area (Å²) >= 11 is 0. The van der Waals surface area contributed by atoms with Gasteiger partial charge in [-0.3, -0.25) is 4.57 Å². The zero-order valence-electron chi connectivity index (χ0n) is 12.5. The number of methoxy groups -OCH3 is 1. The number of imidazole rings is 1. The van der Waals surface area contributed by atoms with Gasteiger partial charge in [0.2, 0.25) is 0 Å². The van der Waals surface area contributed by atoms with Gasteiger partial charge in [-0.25, -0.2) is 4.79 Å². The molecule has 5 heteroatoms. The van der Waals surface area contributed by atoms with E-state index in [1.165, 1.54) is 0 Å². The summed E-state index contributed by atoms with van der Waals surface area (Å²) < 4.78 is 6.79. The van der Waals surface area contributed by atoms with Gasteiger partial charge in [0.05, 0.1) is 11.0 Å². The van der Waals surface area contributed by atoms with Gasteiger partial charge in [-0.2, -0.15) is 0 Å². The van der Waals surface area contributed by atoms with E-state index in [2.05, 4.69) is 10.3 Å². The summed E-state index contributed by atoms with van der Waals surface area (Å²) in [4.78, 5) is 15.0. The van der Waals surface area contributed by atoms with E-state index in [1.54, 1.807) is 11.7 Å². The SMILES string of the molecule is COCCCn1c(=O)[nH]c2cc(Nc3ccccc3)ccc21. The maximum atomic E-state index is 12.0. The Morgan fingerprint density at radius 2 is 1.95 bits per heavy atom. The molecule has 1 aromatic heterocycles. The second kappa shape index (κ2) is 6.49. The largest absolute Gasteiger partial charge is 0.385 e. The summed E-state index contributed by atoms with van der Waals surface area (Å²) in [5, 5.41) is 3.33. The molecule has 0 aliphatic heterocycles. The molecule has 0 radical (unpaired) electrons. The van der Waals surface area contributed by atoms with Gasteiger partial charge < -0.3 is 15.0 Å². The number of hydrogen-bond acceptors (Lipinski definition) is 3. The molecule has 0 unspecified atom stereocenters. The molecule has 2 N–H and O–H groups in total. The molecule has 0 atom stereocenters. The highest BCUT2D eigenvalue weighted by Gasteiger charge is 2.07. The lowest BCUT2D eigenvalue weighted by atomic mass is 10.2. The van der Waals surface area contributed by atoms with Crippen LogP contribution >= 0.6 is 0 Å². The van der Waals surface area contributed by atoms with E-state index in [-0.39, 0.29) is 5.69 Å². The van der Waals surface area contributed by atoms with Gasteiger partial charge in [-0.05, 0) is 36.8 Å². The Morgan fingerprint density at radius 3 is 2.73 bits per heavy atom. The maximum Gasteiger partial charge on any atom is 0.326 e. The van der Waals surface area contributed by atoms with Crippen LogP contribution < -0.4 is 11.0 Å². The van der Waals surface area contributed by atoms with E-state index in [0.717, 1.165) is 28.8 Å². The monoisotopic (exact) mass is 297 g/mol. The quantitative estimate of drug-likeness (QED) is 0.687. The van der Waals surface area contributed by atoms with Gasteiger partial charge in [0, 0.05) is 31.6 Å². The number of benzene rings is 2. The molecule has 22 heavy (non-hydrogen) atoms. The third-order valence-corrected chi connectivity index (χ3v) is 3.57. The van der Waals surface area contributed by atoms with Gasteiger partial charge in [0.25, 0.3) is 0 Å². The molecular formula is C17H19N3O2. The van der Waals surface area contributed by atoms with Crippen molar-refractivity contribution in [2.45, 2.75) is 13.0 Å². The summed E-state index contributed by atoms with van der Waals surface area (Å²) in [7, 11) is 1.67. The molecular weight excluding hydrogens is 278 g/mol. The molecule has 0 amide bonds. The van der Waals surface area contributed by atoms with E-state index in [9.17, 15) is 4.79 Å². The smallest absolute Gasteiger partial charge is 0.326 e. The fourth-order valence-corrected chi connectivity index (χ4v) is 2.52. The summed E-state index contributed by atoms with van der Waals surface area (Å²) in [5.41, 5.74) is 3.64. The highest BCUT2D eigenvalue weighted by molar-refractivity contribution is 5.80. The zero-order valence-corrected chi connectivity index (χ0v) is 12.5. The van der Waals surface area contributed by atoms with Gasteiger partial charge in [0.15, 0.2) is 0 Å². The topological polar surface area (TPSA) is 59.0 Å². The van der Waals surface area contributed by atoms with Crippen molar-refractivity contribution in [3.63, 3.8) is 0 Å². The molecule has 0 aliphatic rings. The van der Waals surface area contributed by atoms with Gasteiger partial charge >= 0.3 is 5.69 Å². The number of rotatable bonds is 6. The van der Waals surface area contributed by atoms with Crippen molar-refractivity contribution >= 4 is 22.4 Å². The second-order valence-electron chi connectivity index (χ2n) is 5.15. The number of ether oxygens (including phenoxy) is 1. The molecule has 0 spiro atoms. The third-order valence-electron chi connectivity index (χ3n) is 3.57. The highest BCUT2D eigenvalue weighted by atomic mass is 16.5. The van der Waals surface area contributed by atoms with Crippen LogP contribution in [0.1, 0.15) is 6.42 Å². The predicted molar refractivity (Wildman–Crippen MR) is 88.8 cm³/mol. The number of H-pyrrole nitrogens is 1. The summed E-state index contributed by atoms with van der Waals surface area (Å²) in [6.07, 6.45) is 0.813. The van der Waals surface area contributed by atoms with Crippen LogP contribution in [0, 0.1) is 0 Å². The van der Waals surface area contributed by atoms with Crippen LogP contribution in [-0.2, 0) is 11.3 Å². The molecule has 0 saturated heterocycles. The fourth-order valence-electron chi connectivity index (χ4n) is 2.52. The van der Waals surface area contributed by atoms with E-state index in [1.807, 2.05) is 48.5 Å². The Hall–Kier alpha value is -2.53. The summed E-state index contributed by atoms with van der Waals surface area (Å²) in [5.74, 6) is 0. The lowest BCUT2D eigenvalue weighted by Gasteiger charge is -2.07. The van der Waals surface area contributed by atoms with Crippen LogP contribution in [0.4, 0.5) is 11.4 Å². The summed E-state index contributed by atoms with van der Waals surface area (Å²) in [6, 6.07) is 15.8. The number of aromatic amines is 1. The van der Waals surface area contributed by atoms with Crippen LogP contribution in [0.15, 0.2) is 53.3 Å². The average Bonchev–Trinajstić information content (AvgIpc) is 2.84. The van der Waals surface area contributed by atoms with E-state index in [4.69, 9.17) is 4.74 Å². The zero-order chi connectivity index (χ0) is 15.4. The second-order valence-corrected chi connectivity index (χ2v) is 5.15. The average molecular weight is 297 g/mol. The van der Waals surface area contributed by atoms with Crippen molar-refractivity contribution in [1.82, 2.24) is 9.55 Å². The van der Waals surface area contributed by atoms with Crippen molar-refractivity contribution in [3.8, 4) is 0 Å². The van der Waals surface area contributed by atoms with Gasteiger partial charge in [-0.1, -0.05) is 18.2 Å². The first-order valence-corrected chi connectivity index (χ1v) is 7.31. The molecule has 0 fully saturated rings. The number of nitrogens with one attached hydrogen (secondary N) is 2. The number of hydrogen-bond donors (Lipinski definition) is 2. The molecule has 1 heterocycles. The molecule has 2 aromatic carbocycles. The van der Waals surface area contributed by atoms with Crippen molar-refractivity contribution in [2.75, 3.05) is 19.0 Å². The van der Waals surface area contributed by atoms with Crippen LogP contribution in [0.2, 0.25) is 0 Å². The number of aryl methyl sites for hydroxylation is 1. The maximum absolute atomic E-state index is 12.0. The van der Waals surface area contributed by atoms with E-state index >= 15 is 0 Å². The van der Waals surface area contributed by atoms with Crippen LogP contribution in [-0.4, -0.2) is 23.3 Å². The van der Waals surface area contributed by atoms with Crippen molar-refractivity contribution in [1.29, 1.82) is 0 Å². The number of anilines is 2. The van der Waals surface area contributed by atoms with Crippen LogP contribution in [0.3, 0.4) is 0 Å². The Morgan fingerprint density at radius 1 is 1.14 bits per heavy atom. The molecule has 0 saturated carbocycles. The lowest BCUT2D eigenvalue weighted by molar-refractivity contribution is 0.190. The Labute approximate surface area is 128 Å². The Bertz CT molecular complexity index is 806. The Kier molecular flexibility index (Phi) is 4.25. The number of aromatic nitrogens is 2. The molecule has 0 aliphatic carbocycles. The number of nitrogens with zero attached hydrogens (tertiary/aromatic N) is 1. The number of fused-ring (bicyclic) bond motifs is 1. The predicted octanol–water partition coefficient (Wildman–Crippen LogP) is 3.11. The van der Waals surface area contributed by atoms with E-state index < -0.39 is 0 Å². The fraction of sp³-hybridized carbons (Fsp3) is 0.235. The lowest BCUT2D eigenvalue weighted by Crippen LogP contribution is -2.17. The third kappa shape index (κ3) is 3.04. The first-order chi connectivity index (χ1) is 10.8. The molecule has 0 bridgehead atoms. The van der Waals surface area contributed by atoms with Crippen molar-refractivity contribution in [2.24, 2.45) is 0 Å². The first-order valence-electron chi connectivity index (χ1n) is 7.31. The van der Waals surface area contributed by atoms with Gasteiger partial charge in [0.1, 0.15) is 0 Å². The normalized spacial score (nSPS) is 11.0. The molecule has 3 aromatic rings. The van der Waals surface area contributed by atoms with Crippen molar-refractivity contribution in [3.05, 3.63) is 59.0 Å². The minimum Gasteiger partial charge on any atom is -0.385 e. The molecule has 5 nitrogen and oxygen atoms in total. The summed E-state index contributed by atoms with van der Waals surface area (Å²) in [6.45, 7) is 1.30. The molecule has 114 valence electrons. The van der Waals surface area contributed by atoms with Gasteiger partial charge in [-0.15, -0.1) is 0 Å². The van der Waals surface area contributed by atoms with Crippen LogP contribution in [0.5, 0.6) is 0 Å².